The quantitative estimate of drug-likeness (QED) is 0.686. The van der Waals surface area contributed by atoms with Crippen LogP contribution in [-0.4, -0.2) is 41.5 Å². The van der Waals surface area contributed by atoms with E-state index in [9.17, 15) is 14.4 Å². The number of nitrogens with zero attached hydrogens (tertiary/aromatic N) is 1. The van der Waals surface area contributed by atoms with Crippen LogP contribution in [-0.2, 0) is 14.3 Å². The van der Waals surface area contributed by atoms with Crippen molar-refractivity contribution in [2.75, 3.05) is 13.2 Å². The maximum atomic E-state index is 12.5. The first-order valence-electron chi connectivity index (χ1n) is 6.27. The number of nitrogens with one attached hydrogen (secondary N) is 1. The number of hydrogen-bond acceptors (Lipinski definition) is 4. The summed E-state index contributed by atoms with van der Waals surface area (Å²) < 4.78 is 5.30. The molecule has 3 rings (SSSR count). The van der Waals surface area contributed by atoms with Gasteiger partial charge in [0.05, 0.1) is 12.1 Å². The van der Waals surface area contributed by atoms with Crippen molar-refractivity contribution in [2.45, 2.75) is 38.1 Å². The predicted octanol–water partition coefficient (Wildman–Crippen LogP) is 0.414. The minimum atomic E-state index is -0.987. The SMILES string of the molecule is CC1(N2C(=O)NC(=O)C3(CCC3)C2=O)CCOC1. The lowest BCUT2D eigenvalue weighted by Crippen LogP contribution is -2.70. The first-order chi connectivity index (χ1) is 8.50. The summed E-state index contributed by atoms with van der Waals surface area (Å²) in [5, 5.41) is 2.33. The van der Waals surface area contributed by atoms with Gasteiger partial charge in [-0.15, -0.1) is 0 Å². The third-order valence-corrected chi connectivity index (χ3v) is 4.42. The van der Waals surface area contributed by atoms with Gasteiger partial charge >= 0.3 is 6.03 Å². The molecule has 3 fully saturated rings. The lowest BCUT2D eigenvalue weighted by molar-refractivity contribution is -0.161. The molecule has 0 aromatic carbocycles. The zero-order valence-electron chi connectivity index (χ0n) is 10.3. The molecule has 1 saturated carbocycles. The number of carbonyl (C=O) groups excluding carboxylic acids is 3. The zero-order valence-corrected chi connectivity index (χ0v) is 10.3. The van der Waals surface area contributed by atoms with Crippen molar-refractivity contribution in [2.24, 2.45) is 5.41 Å². The Bertz CT molecular complexity index is 435. The van der Waals surface area contributed by atoms with Crippen LogP contribution in [0.1, 0.15) is 32.6 Å². The van der Waals surface area contributed by atoms with E-state index in [1.165, 1.54) is 4.90 Å². The second kappa shape index (κ2) is 3.54. The number of urea groups is 1. The van der Waals surface area contributed by atoms with E-state index in [0.717, 1.165) is 6.42 Å². The molecule has 1 atom stereocenters. The largest absolute Gasteiger partial charge is 0.379 e. The van der Waals surface area contributed by atoms with Crippen LogP contribution in [0.15, 0.2) is 0 Å². The lowest BCUT2D eigenvalue weighted by atomic mass is 9.65. The average Bonchev–Trinajstić information content (AvgIpc) is 2.62. The molecular weight excluding hydrogens is 236 g/mol. The molecule has 2 aliphatic heterocycles. The van der Waals surface area contributed by atoms with Crippen LogP contribution in [0.2, 0.25) is 0 Å². The summed E-state index contributed by atoms with van der Waals surface area (Å²) in [5.74, 6) is -0.766. The Balaban J connectivity index is 1.96. The van der Waals surface area contributed by atoms with E-state index in [1.54, 1.807) is 0 Å². The number of ether oxygens (including phenoxy) is 1. The van der Waals surface area contributed by atoms with Crippen molar-refractivity contribution in [3.63, 3.8) is 0 Å². The molecule has 2 heterocycles. The van der Waals surface area contributed by atoms with Gasteiger partial charge in [-0.2, -0.15) is 0 Å². The van der Waals surface area contributed by atoms with Gasteiger partial charge in [-0.05, 0) is 26.2 Å². The monoisotopic (exact) mass is 252 g/mol. The van der Waals surface area contributed by atoms with Crippen LogP contribution in [0.3, 0.4) is 0 Å². The summed E-state index contributed by atoms with van der Waals surface area (Å²) in [4.78, 5) is 37.6. The van der Waals surface area contributed by atoms with E-state index < -0.39 is 22.9 Å². The normalized spacial score (nSPS) is 34.7. The highest BCUT2D eigenvalue weighted by atomic mass is 16.5. The summed E-state index contributed by atoms with van der Waals surface area (Å²) in [5.41, 5.74) is -1.61. The smallest absolute Gasteiger partial charge is 0.331 e. The van der Waals surface area contributed by atoms with Gasteiger partial charge in [-0.3, -0.25) is 19.8 Å². The summed E-state index contributed by atoms with van der Waals surface area (Å²) >= 11 is 0. The molecule has 0 radical (unpaired) electrons. The molecule has 6 heteroatoms. The maximum Gasteiger partial charge on any atom is 0.331 e. The van der Waals surface area contributed by atoms with Gasteiger partial charge in [0.1, 0.15) is 5.41 Å². The van der Waals surface area contributed by atoms with Crippen molar-refractivity contribution in [1.29, 1.82) is 0 Å². The highest BCUT2D eigenvalue weighted by molar-refractivity contribution is 6.20. The standard InChI is InChI=1S/C12H16N2O4/c1-11(5-6-18-7-11)14-9(16)12(3-2-4-12)8(15)13-10(14)17/h2-7H2,1H3,(H,13,15,17). The molecule has 1 N–H and O–H groups in total. The number of carbonyl (C=O) groups is 3. The van der Waals surface area contributed by atoms with Crippen molar-refractivity contribution in [3.05, 3.63) is 0 Å². The number of rotatable bonds is 1. The fraction of sp³-hybridized carbons (Fsp3) is 0.750. The predicted molar refractivity (Wildman–Crippen MR) is 60.5 cm³/mol. The summed E-state index contributed by atoms with van der Waals surface area (Å²) in [6, 6.07) is -0.601. The topological polar surface area (TPSA) is 75.7 Å². The van der Waals surface area contributed by atoms with Crippen LogP contribution in [0.5, 0.6) is 0 Å². The zero-order chi connectivity index (χ0) is 13.0. The molecule has 4 amide bonds. The fourth-order valence-corrected chi connectivity index (χ4v) is 2.97. The van der Waals surface area contributed by atoms with E-state index in [2.05, 4.69) is 5.32 Å². The lowest BCUT2D eigenvalue weighted by Gasteiger charge is -2.48. The highest BCUT2D eigenvalue weighted by Gasteiger charge is 2.60. The van der Waals surface area contributed by atoms with Gasteiger partial charge in [0.25, 0.3) is 0 Å². The molecule has 3 aliphatic rings. The summed E-state index contributed by atoms with van der Waals surface area (Å²) in [7, 11) is 0. The number of barbiturate groups is 1. The van der Waals surface area contributed by atoms with E-state index in [-0.39, 0.29) is 5.91 Å². The Morgan fingerprint density at radius 3 is 2.44 bits per heavy atom. The van der Waals surface area contributed by atoms with Crippen LogP contribution >= 0.6 is 0 Å². The summed E-state index contributed by atoms with van der Waals surface area (Å²) in [6.45, 7) is 2.71. The van der Waals surface area contributed by atoms with Crippen LogP contribution < -0.4 is 5.32 Å². The number of amides is 4. The van der Waals surface area contributed by atoms with Gasteiger partial charge in [0.15, 0.2) is 0 Å². The Morgan fingerprint density at radius 1 is 1.22 bits per heavy atom. The molecule has 0 bridgehead atoms. The second-order valence-electron chi connectivity index (χ2n) is 5.64. The van der Waals surface area contributed by atoms with Gasteiger partial charge in [0.2, 0.25) is 11.8 Å². The van der Waals surface area contributed by atoms with Gasteiger partial charge in [-0.25, -0.2) is 4.79 Å². The number of hydrogen-bond donors (Lipinski definition) is 1. The van der Waals surface area contributed by atoms with Crippen molar-refractivity contribution in [3.8, 4) is 0 Å². The van der Waals surface area contributed by atoms with Crippen molar-refractivity contribution < 1.29 is 19.1 Å². The third-order valence-electron chi connectivity index (χ3n) is 4.42. The van der Waals surface area contributed by atoms with Crippen LogP contribution in [0, 0.1) is 5.41 Å². The number of imide groups is 2. The minimum Gasteiger partial charge on any atom is -0.379 e. The molecule has 1 spiro atoms. The van der Waals surface area contributed by atoms with E-state index >= 15 is 0 Å². The van der Waals surface area contributed by atoms with Crippen molar-refractivity contribution >= 4 is 17.8 Å². The molecule has 0 aromatic rings. The molecule has 6 nitrogen and oxygen atoms in total. The first kappa shape index (κ1) is 11.6. The Hall–Kier alpha value is -1.43. The molecular formula is C12H16N2O4. The third kappa shape index (κ3) is 1.29. The first-order valence-corrected chi connectivity index (χ1v) is 6.27. The maximum absolute atomic E-state index is 12.5. The molecule has 1 aliphatic carbocycles. The molecule has 18 heavy (non-hydrogen) atoms. The van der Waals surface area contributed by atoms with Gasteiger partial charge < -0.3 is 4.74 Å². The minimum absolute atomic E-state index is 0.337. The summed E-state index contributed by atoms with van der Waals surface area (Å²) in [6.07, 6.45) is 2.56. The van der Waals surface area contributed by atoms with E-state index in [0.29, 0.717) is 32.5 Å². The Morgan fingerprint density at radius 2 is 1.94 bits per heavy atom. The molecule has 98 valence electrons. The Kier molecular flexibility index (Phi) is 2.29. The van der Waals surface area contributed by atoms with Crippen molar-refractivity contribution in [1.82, 2.24) is 10.2 Å². The fourth-order valence-electron chi connectivity index (χ4n) is 2.97. The second-order valence-corrected chi connectivity index (χ2v) is 5.64. The highest BCUT2D eigenvalue weighted by Crippen LogP contribution is 2.46. The average molecular weight is 252 g/mol. The van der Waals surface area contributed by atoms with Gasteiger partial charge in [-0.1, -0.05) is 6.42 Å². The van der Waals surface area contributed by atoms with E-state index in [1.807, 2.05) is 6.92 Å². The molecule has 1 unspecified atom stereocenters. The van der Waals surface area contributed by atoms with Crippen LogP contribution in [0.25, 0.3) is 0 Å². The van der Waals surface area contributed by atoms with E-state index in [4.69, 9.17) is 4.74 Å². The Labute approximate surface area is 105 Å². The van der Waals surface area contributed by atoms with Gasteiger partial charge in [0, 0.05) is 6.61 Å². The molecule has 0 aromatic heterocycles. The molecule has 2 saturated heterocycles. The van der Waals surface area contributed by atoms with Crippen LogP contribution in [0.4, 0.5) is 4.79 Å².